The maximum Gasteiger partial charge on any atom is 0.259 e. The van der Waals surface area contributed by atoms with Crippen LogP contribution in [-0.2, 0) is 21.9 Å². The number of nitrogens with zero attached hydrogens (tertiary/aromatic N) is 3. The number of hydrogen-bond donors (Lipinski definition) is 1. The molecule has 7 nitrogen and oxygen atoms in total. The summed E-state index contributed by atoms with van der Waals surface area (Å²) >= 11 is 1.49. The molecule has 0 aromatic heterocycles. The number of para-hydroxylation sites is 1. The second-order valence-corrected chi connectivity index (χ2v) is 9.60. The number of carbonyl (C=O) groups excluding carboxylic acids is 2. The van der Waals surface area contributed by atoms with Crippen molar-refractivity contribution in [2.24, 2.45) is 9.98 Å². The fourth-order valence-electron chi connectivity index (χ4n) is 4.06. The van der Waals surface area contributed by atoms with Crippen molar-refractivity contribution in [2.75, 3.05) is 7.11 Å². The average molecular weight is 499 g/mol. The summed E-state index contributed by atoms with van der Waals surface area (Å²) in [5.41, 5.74) is 4.86. The molecule has 2 heterocycles. The van der Waals surface area contributed by atoms with Crippen LogP contribution in [0, 0.1) is 6.92 Å². The molecule has 0 unspecified atom stereocenters. The topological polar surface area (TPSA) is 83.4 Å². The van der Waals surface area contributed by atoms with Crippen molar-refractivity contribution in [1.29, 1.82) is 0 Å². The van der Waals surface area contributed by atoms with Gasteiger partial charge in [0.15, 0.2) is 5.17 Å². The van der Waals surface area contributed by atoms with E-state index in [1.165, 1.54) is 17.3 Å². The van der Waals surface area contributed by atoms with Gasteiger partial charge in [-0.2, -0.15) is 0 Å². The Balaban J connectivity index is 1.30. The Labute approximate surface area is 214 Å². The number of rotatable bonds is 7. The molecule has 2 aliphatic rings. The number of hydrogen-bond acceptors (Lipinski definition) is 6. The van der Waals surface area contributed by atoms with Crippen molar-refractivity contribution in [1.82, 2.24) is 10.2 Å². The van der Waals surface area contributed by atoms with E-state index >= 15 is 0 Å². The number of methoxy groups -OCH3 is 1. The van der Waals surface area contributed by atoms with Gasteiger partial charge in [0.25, 0.3) is 5.91 Å². The third-order valence-electron chi connectivity index (χ3n) is 6.06. The molecule has 0 saturated carbocycles. The van der Waals surface area contributed by atoms with E-state index in [4.69, 9.17) is 9.73 Å². The molecule has 0 aliphatic carbocycles. The van der Waals surface area contributed by atoms with E-state index in [0.29, 0.717) is 23.3 Å². The first-order valence-corrected chi connectivity index (χ1v) is 12.7. The summed E-state index contributed by atoms with van der Waals surface area (Å²) in [7, 11) is 1.61. The maximum absolute atomic E-state index is 13.4. The van der Waals surface area contributed by atoms with Crippen LogP contribution in [0.5, 0.6) is 5.75 Å². The highest BCUT2D eigenvalue weighted by Crippen LogP contribution is 2.34. The van der Waals surface area contributed by atoms with Crippen molar-refractivity contribution in [3.63, 3.8) is 0 Å². The Morgan fingerprint density at radius 2 is 1.75 bits per heavy atom. The predicted molar refractivity (Wildman–Crippen MR) is 143 cm³/mol. The molecule has 1 N–H and O–H groups in total. The fraction of sp³-hybridized carbons (Fsp3) is 0.214. The van der Waals surface area contributed by atoms with Crippen molar-refractivity contribution in [2.45, 2.75) is 31.7 Å². The van der Waals surface area contributed by atoms with Gasteiger partial charge in [0, 0.05) is 17.9 Å². The van der Waals surface area contributed by atoms with E-state index in [-0.39, 0.29) is 18.2 Å². The number of thioether (sulfide) groups is 1. The molecule has 3 aromatic carbocycles. The molecule has 182 valence electrons. The lowest BCUT2D eigenvalue weighted by molar-refractivity contribution is -0.128. The number of benzene rings is 3. The summed E-state index contributed by atoms with van der Waals surface area (Å²) in [4.78, 5) is 37.1. The highest BCUT2D eigenvalue weighted by Gasteiger charge is 2.42. The van der Waals surface area contributed by atoms with Gasteiger partial charge < -0.3 is 10.1 Å². The molecular formula is C28H26N4O3S. The molecule has 1 atom stereocenters. The minimum atomic E-state index is -0.785. The van der Waals surface area contributed by atoms with Crippen LogP contribution in [-0.4, -0.2) is 40.9 Å². The molecule has 36 heavy (non-hydrogen) atoms. The second-order valence-electron chi connectivity index (χ2n) is 8.66. The largest absolute Gasteiger partial charge is 0.497 e. The van der Waals surface area contributed by atoms with Crippen LogP contribution in [0.3, 0.4) is 0 Å². The Kier molecular flexibility index (Phi) is 6.86. The lowest BCUT2D eigenvalue weighted by Crippen LogP contribution is -2.42. The number of carbonyl (C=O) groups is 2. The summed E-state index contributed by atoms with van der Waals surface area (Å²) in [5.74, 6) is 1.53. The summed E-state index contributed by atoms with van der Waals surface area (Å²) < 4.78 is 5.17. The molecular weight excluding hydrogens is 472 g/mol. The highest BCUT2D eigenvalue weighted by atomic mass is 32.2. The molecule has 0 saturated heterocycles. The molecule has 2 aliphatic heterocycles. The van der Waals surface area contributed by atoms with Gasteiger partial charge in [-0.25, -0.2) is 9.89 Å². The zero-order chi connectivity index (χ0) is 25.1. The van der Waals surface area contributed by atoms with Gasteiger partial charge in [-0.1, -0.05) is 65.9 Å². The van der Waals surface area contributed by atoms with Gasteiger partial charge in [0.05, 0.1) is 19.2 Å². The second kappa shape index (κ2) is 10.4. The number of amidine groups is 2. The zero-order valence-corrected chi connectivity index (χ0v) is 20.9. The quantitative estimate of drug-likeness (QED) is 0.516. The van der Waals surface area contributed by atoms with Crippen molar-refractivity contribution >= 4 is 40.3 Å². The van der Waals surface area contributed by atoms with Gasteiger partial charge in [0.1, 0.15) is 17.6 Å². The van der Waals surface area contributed by atoms with Crippen molar-refractivity contribution in [3.05, 3.63) is 95.1 Å². The first-order chi connectivity index (χ1) is 17.5. The van der Waals surface area contributed by atoms with Crippen molar-refractivity contribution in [3.8, 4) is 5.75 Å². The fourth-order valence-corrected chi connectivity index (χ4v) is 5.01. The lowest BCUT2D eigenvalue weighted by Gasteiger charge is -2.25. The van der Waals surface area contributed by atoms with Crippen molar-refractivity contribution < 1.29 is 14.3 Å². The number of nitrogens with one attached hydrogen (secondary N) is 1. The Morgan fingerprint density at radius 3 is 2.50 bits per heavy atom. The van der Waals surface area contributed by atoms with Crippen LogP contribution in [0.4, 0.5) is 5.69 Å². The molecule has 0 bridgehead atoms. The SMILES string of the molecule is COc1ccc(CNC(=O)C[C@H]2N=C3c4ccccc4N=C(SCc4ccc(C)cc4)N3C2=O)cc1. The van der Waals surface area contributed by atoms with Gasteiger partial charge in [-0.3, -0.25) is 14.6 Å². The van der Waals surface area contributed by atoms with Crippen LogP contribution in [0.25, 0.3) is 0 Å². The number of aryl methyl sites for hydroxylation is 1. The van der Waals surface area contributed by atoms with E-state index in [2.05, 4.69) is 41.5 Å². The van der Waals surface area contributed by atoms with Gasteiger partial charge in [-0.15, -0.1) is 0 Å². The molecule has 0 fully saturated rings. The molecule has 5 rings (SSSR count). The van der Waals surface area contributed by atoms with E-state index in [1.54, 1.807) is 12.0 Å². The van der Waals surface area contributed by atoms with E-state index in [9.17, 15) is 9.59 Å². The molecule has 2 amide bonds. The lowest BCUT2D eigenvalue weighted by atomic mass is 10.1. The normalized spacial score (nSPS) is 16.1. The maximum atomic E-state index is 13.4. The first-order valence-electron chi connectivity index (χ1n) is 11.7. The Hall–Kier alpha value is -3.91. The van der Waals surface area contributed by atoms with Gasteiger partial charge >= 0.3 is 0 Å². The predicted octanol–water partition coefficient (Wildman–Crippen LogP) is 4.60. The van der Waals surface area contributed by atoms with Crippen LogP contribution < -0.4 is 10.1 Å². The summed E-state index contributed by atoms with van der Waals surface area (Å²) in [6.07, 6.45) is -0.0208. The smallest absolute Gasteiger partial charge is 0.259 e. The summed E-state index contributed by atoms with van der Waals surface area (Å²) in [6, 6.07) is 22.6. The van der Waals surface area contributed by atoms with E-state index in [0.717, 1.165) is 28.1 Å². The standard InChI is InChI=1S/C28H26N4O3S/c1-18-7-9-20(10-8-18)17-36-28-31-23-6-4-3-5-22(23)26-30-24(27(34)32(26)28)15-25(33)29-16-19-11-13-21(35-2)14-12-19/h3-14,24H,15-17H2,1-2H3,(H,29,33)/t24-/m1/s1. The molecule has 3 aromatic rings. The molecule has 0 radical (unpaired) electrons. The van der Waals surface area contributed by atoms with E-state index < -0.39 is 6.04 Å². The average Bonchev–Trinajstić information content (AvgIpc) is 3.23. The third kappa shape index (κ3) is 5.04. The summed E-state index contributed by atoms with van der Waals surface area (Å²) in [5, 5.41) is 3.47. The minimum absolute atomic E-state index is 0.0208. The minimum Gasteiger partial charge on any atom is -0.497 e. The van der Waals surface area contributed by atoms with E-state index in [1.807, 2.05) is 48.5 Å². The number of aliphatic imine (C=N–C) groups is 2. The van der Waals surface area contributed by atoms with Crippen LogP contribution in [0.2, 0.25) is 0 Å². The van der Waals surface area contributed by atoms with Crippen LogP contribution in [0.1, 0.15) is 28.7 Å². The number of ether oxygens (including phenoxy) is 1. The number of amides is 2. The van der Waals surface area contributed by atoms with Crippen LogP contribution >= 0.6 is 11.8 Å². The zero-order valence-electron chi connectivity index (χ0n) is 20.1. The highest BCUT2D eigenvalue weighted by molar-refractivity contribution is 8.13. The first kappa shape index (κ1) is 23.8. The summed E-state index contributed by atoms with van der Waals surface area (Å²) in [6.45, 7) is 2.42. The van der Waals surface area contributed by atoms with Gasteiger partial charge in [-0.05, 0) is 42.3 Å². The molecule has 8 heteroatoms. The third-order valence-corrected chi connectivity index (χ3v) is 7.07. The monoisotopic (exact) mass is 498 g/mol. The Morgan fingerprint density at radius 1 is 1.03 bits per heavy atom. The van der Waals surface area contributed by atoms with Gasteiger partial charge in [0.2, 0.25) is 5.91 Å². The van der Waals surface area contributed by atoms with Crippen LogP contribution in [0.15, 0.2) is 82.8 Å². The Bertz CT molecular complexity index is 1350. The molecule has 0 spiro atoms. The number of fused-ring (bicyclic) bond motifs is 3.